The summed E-state index contributed by atoms with van der Waals surface area (Å²) in [7, 11) is -3.54. The molecular formula is C21H18Cl3FN2O2S2. The monoisotopic (exact) mass is 518 g/mol. The van der Waals surface area contributed by atoms with E-state index in [-0.39, 0.29) is 14.9 Å². The second-order valence-corrected chi connectivity index (χ2v) is 11.6. The number of piperidine rings is 1. The normalized spacial score (nSPS) is 15.4. The molecule has 0 amide bonds. The third-order valence-corrected chi connectivity index (χ3v) is 9.50. The Morgan fingerprint density at radius 3 is 2.48 bits per heavy atom. The van der Waals surface area contributed by atoms with Crippen LogP contribution in [0.5, 0.6) is 0 Å². The molecule has 1 saturated heterocycles. The van der Waals surface area contributed by atoms with Crippen molar-refractivity contribution in [2.75, 3.05) is 18.0 Å². The molecule has 1 fully saturated rings. The van der Waals surface area contributed by atoms with Crippen molar-refractivity contribution >= 4 is 61.1 Å². The van der Waals surface area contributed by atoms with E-state index in [1.807, 2.05) is 5.38 Å². The lowest BCUT2D eigenvalue weighted by Gasteiger charge is -2.31. The van der Waals surface area contributed by atoms with E-state index in [0.29, 0.717) is 37.4 Å². The molecule has 0 aliphatic carbocycles. The molecule has 0 radical (unpaired) electrons. The van der Waals surface area contributed by atoms with Crippen molar-refractivity contribution in [3.05, 3.63) is 73.9 Å². The van der Waals surface area contributed by atoms with Gasteiger partial charge in [0.1, 0.15) is 5.82 Å². The molecule has 1 aromatic heterocycles. The van der Waals surface area contributed by atoms with Crippen LogP contribution in [0.4, 0.5) is 9.52 Å². The Morgan fingerprint density at radius 1 is 1.06 bits per heavy atom. The van der Waals surface area contributed by atoms with Gasteiger partial charge in [-0.2, -0.15) is 0 Å². The first-order chi connectivity index (χ1) is 14.7. The van der Waals surface area contributed by atoms with Crippen LogP contribution in [0, 0.1) is 5.82 Å². The Labute approximate surface area is 199 Å². The van der Waals surface area contributed by atoms with E-state index < -0.39 is 20.9 Å². The number of hydrogen-bond donors (Lipinski definition) is 0. The number of hydrogen-bond acceptors (Lipinski definition) is 5. The second-order valence-electron chi connectivity index (χ2n) is 7.35. The average molecular weight is 520 g/mol. The highest BCUT2D eigenvalue weighted by Crippen LogP contribution is 2.33. The molecule has 0 saturated carbocycles. The SMILES string of the molecule is O=S(=O)(c1ccc(Cl)cc1Cl)C1CCN(c2nc(Cc3ccc(Cl)c(F)c3)cs2)CC1. The molecule has 2 heterocycles. The van der Waals surface area contributed by atoms with Crippen molar-refractivity contribution in [3.63, 3.8) is 0 Å². The smallest absolute Gasteiger partial charge is 0.185 e. The number of nitrogens with zero attached hydrogens (tertiary/aromatic N) is 2. The van der Waals surface area contributed by atoms with Gasteiger partial charge in [0.05, 0.1) is 25.9 Å². The van der Waals surface area contributed by atoms with Gasteiger partial charge in [0.2, 0.25) is 0 Å². The minimum Gasteiger partial charge on any atom is -0.348 e. The largest absolute Gasteiger partial charge is 0.348 e. The molecule has 164 valence electrons. The zero-order chi connectivity index (χ0) is 22.2. The first-order valence-corrected chi connectivity index (χ1v) is 13.1. The predicted octanol–water partition coefficient (Wildman–Crippen LogP) is 6.28. The molecule has 0 atom stereocenters. The molecule has 4 rings (SSSR count). The zero-order valence-electron chi connectivity index (χ0n) is 16.2. The van der Waals surface area contributed by atoms with Crippen LogP contribution in [-0.4, -0.2) is 31.7 Å². The van der Waals surface area contributed by atoms with Crippen LogP contribution >= 0.6 is 46.1 Å². The first kappa shape index (κ1) is 22.8. The summed E-state index contributed by atoms with van der Waals surface area (Å²) in [6, 6.07) is 9.20. The Hall–Kier alpha value is -1.38. The Balaban J connectivity index is 1.41. The summed E-state index contributed by atoms with van der Waals surface area (Å²) in [5.74, 6) is -0.446. The van der Waals surface area contributed by atoms with E-state index in [9.17, 15) is 12.8 Å². The lowest BCUT2D eigenvalue weighted by atomic mass is 10.1. The fourth-order valence-corrected chi connectivity index (χ4v) is 7.13. The van der Waals surface area contributed by atoms with Gasteiger partial charge in [0.15, 0.2) is 15.0 Å². The predicted molar refractivity (Wildman–Crippen MR) is 125 cm³/mol. The summed E-state index contributed by atoms with van der Waals surface area (Å²) >= 11 is 19.3. The first-order valence-electron chi connectivity index (χ1n) is 9.56. The van der Waals surface area contributed by atoms with Crippen molar-refractivity contribution < 1.29 is 12.8 Å². The highest BCUT2D eigenvalue weighted by molar-refractivity contribution is 7.92. The molecular weight excluding hydrogens is 502 g/mol. The van der Waals surface area contributed by atoms with Crippen LogP contribution < -0.4 is 4.90 Å². The molecule has 1 aliphatic heterocycles. The molecule has 31 heavy (non-hydrogen) atoms. The zero-order valence-corrected chi connectivity index (χ0v) is 20.1. The summed E-state index contributed by atoms with van der Waals surface area (Å²) in [5.41, 5.74) is 1.63. The van der Waals surface area contributed by atoms with Gasteiger partial charge in [-0.25, -0.2) is 17.8 Å². The number of halogens is 4. The number of thiazole rings is 1. The molecule has 3 aromatic rings. The maximum Gasteiger partial charge on any atom is 0.185 e. The van der Waals surface area contributed by atoms with Crippen molar-refractivity contribution in [3.8, 4) is 0 Å². The molecule has 4 nitrogen and oxygen atoms in total. The Kier molecular flexibility index (Phi) is 6.79. The summed E-state index contributed by atoms with van der Waals surface area (Å²) in [5, 5.41) is 2.93. The lowest BCUT2D eigenvalue weighted by molar-refractivity contribution is 0.529. The highest BCUT2D eigenvalue weighted by atomic mass is 35.5. The average Bonchev–Trinajstić information content (AvgIpc) is 3.19. The molecule has 0 N–H and O–H groups in total. The molecule has 0 unspecified atom stereocenters. The summed E-state index contributed by atoms with van der Waals surface area (Å²) in [6.45, 7) is 1.16. The fraction of sp³-hybridized carbons (Fsp3) is 0.286. The summed E-state index contributed by atoms with van der Waals surface area (Å²) in [4.78, 5) is 6.87. The maximum atomic E-state index is 13.7. The Bertz CT molecular complexity index is 1210. The molecule has 0 spiro atoms. The Morgan fingerprint density at radius 2 is 1.81 bits per heavy atom. The third-order valence-electron chi connectivity index (χ3n) is 5.26. The molecule has 2 aromatic carbocycles. The van der Waals surface area contributed by atoms with Crippen LogP contribution in [0.25, 0.3) is 0 Å². The van der Waals surface area contributed by atoms with Gasteiger partial charge >= 0.3 is 0 Å². The quantitative estimate of drug-likeness (QED) is 0.398. The van der Waals surface area contributed by atoms with Crippen LogP contribution in [0.2, 0.25) is 15.1 Å². The van der Waals surface area contributed by atoms with E-state index in [4.69, 9.17) is 34.8 Å². The van der Waals surface area contributed by atoms with Crippen molar-refractivity contribution in [2.45, 2.75) is 29.4 Å². The van der Waals surface area contributed by atoms with Crippen LogP contribution in [0.3, 0.4) is 0 Å². The van der Waals surface area contributed by atoms with Gasteiger partial charge < -0.3 is 4.90 Å². The minimum atomic E-state index is -3.54. The molecule has 0 bridgehead atoms. The summed E-state index contributed by atoms with van der Waals surface area (Å²) in [6.07, 6.45) is 1.47. The number of anilines is 1. The van der Waals surface area contributed by atoms with E-state index in [2.05, 4.69) is 9.88 Å². The maximum absolute atomic E-state index is 13.7. The number of sulfone groups is 1. The van der Waals surface area contributed by atoms with Gasteiger partial charge in [-0.05, 0) is 48.7 Å². The van der Waals surface area contributed by atoms with Crippen molar-refractivity contribution in [1.82, 2.24) is 4.98 Å². The number of aromatic nitrogens is 1. The van der Waals surface area contributed by atoms with Gasteiger partial charge in [0.25, 0.3) is 0 Å². The molecule has 10 heteroatoms. The highest BCUT2D eigenvalue weighted by Gasteiger charge is 2.33. The van der Waals surface area contributed by atoms with E-state index in [1.54, 1.807) is 12.1 Å². The van der Waals surface area contributed by atoms with Gasteiger partial charge in [-0.1, -0.05) is 40.9 Å². The summed E-state index contributed by atoms with van der Waals surface area (Å²) < 4.78 is 39.7. The number of rotatable bonds is 5. The van der Waals surface area contributed by atoms with Crippen molar-refractivity contribution in [1.29, 1.82) is 0 Å². The van der Waals surface area contributed by atoms with Crippen LogP contribution in [0.1, 0.15) is 24.1 Å². The van der Waals surface area contributed by atoms with E-state index in [1.165, 1.54) is 35.6 Å². The lowest BCUT2D eigenvalue weighted by Crippen LogP contribution is -2.39. The van der Waals surface area contributed by atoms with E-state index >= 15 is 0 Å². The second kappa shape index (κ2) is 9.24. The van der Waals surface area contributed by atoms with Crippen LogP contribution in [0.15, 0.2) is 46.7 Å². The van der Waals surface area contributed by atoms with Crippen molar-refractivity contribution in [2.24, 2.45) is 0 Å². The van der Waals surface area contributed by atoms with Crippen LogP contribution in [-0.2, 0) is 16.3 Å². The van der Waals surface area contributed by atoms with E-state index in [0.717, 1.165) is 16.4 Å². The number of benzene rings is 2. The topological polar surface area (TPSA) is 50.3 Å². The minimum absolute atomic E-state index is 0.0976. The fourth-order valence-electron chi connectivity index (χ4n) is 3.62. The molecule has 1 aliphatic rings. The third kappa shape index (κ3) is 5.01. The van der Waals surface area contributed by atoms with Gasteiger partial charge in [0, 0.05) is 29.9 Å². The van der Waals surface area contributed by atoms with Gasteiger partial charge in [-0.15, -0.1) is 11.3 Å². The van der Waals surface area contributed by atoms with Gasteiger partial charge in [-0.3, -0.25) is 0 Å². The standard InChI is InChI=1S/C21H18Cl3FN2O2S2/c22-14-2-4-20(18(24)11-14)31(28,29)16-5-7-27(8-6-16)21-26-15(12-30-21)9-13-1-3-17(23)19(25)10-13/h1-4,10-12,16H,5-9H2.